The van der Waals surface area contributed by atoms with Crippen LogP contribution < -0.4 is 10.6 Å². The largest absolute Gasteiger partial charge is 0.379 e. The van der Waals surface area contributed by atoms with E-state index in [0.29, 0.717) is 32.0 Å². The van der Waals surface area contributed by atoms with Gasteiger partial charge in [-0.05, 0) is 37.0 Å². The van der Waals surface area contributed by atoms with E-state index in [2.05, 4.69) is 28.2 Å². The number of morpholine rings is 1. The van der Waals surface area contributed by atoms with Gasteiger partial charge in [-0.3, -0.25) is 9.69 Å². The van der Waals surface area contributed by atoms with Gasteiger partial charge in [0.25, 0.3) is 0 Å². The number of sulfone groups is 1. The van der Waals surface area contributed by atoms with E-state index in [4.69, 9.17) is 4.74 Å². The lowest BCUT2D eigenvalue weighted by Crippen LogP contribution is -2.57. The fourth-order valence-corrected chi connectivity index (χ4v) is 7.95. The second-order valence-electron chi connectivity index (χ2n) is 11.1. The van der Waals surface area contributed by atoms with Crippen molar-refractivity contribution in [2.75, 3.05) is 45.1 Å². The molecule has 0 aliphatic carbocycles. The van der Waals surface area contributed by atoms with Crippen molar-refractivity contribution in [3.63, 3.8) is 0 Å². The Morgan fingerprint density at radius 2 is 1.57 bits per heavy atom. The van der Waals surface area contributed by atoms with Crippen LogP contribution in [0.4, 0.5) is 4.79 Å². The van der Waals surface area contributed by atoms with Gasteiger partial charge in [0.15, 0.2) is 9.84 Å². The molecule has 0 bridgehead atoms. The van der Waals surface area contributed by atoms with Gasteiger partial charge in [0.05, 0.1) is 23.9 Å². The highest BCUT2D eigenvalue weighted by molar-refractivity contribution is 7.92. The lowest BCUT2D eigenvalue weighted by molar-refractivity contribution is -0.123. The standard InChI is InChI=1S/C31H44N4O5S2/c1-2-9-27(29(41)23-42(38,39)26-12-7-4-8-13-26)32-30(36)28(22-24-10-5-3-6-11-24)33-31(37)35-16-14-25(15-17-35)34-18-20-40-21-19-34/h3-8,10-13,25,27-29,41H,2,9,14-23H2,1H3,(H,32,36)(H,33,37)/t27-,28-,29+/m0/s1. The van der Waals surface area contributed by atoms with Gasteiger partial charge in [-0.1, -0.05) is 61.9 Å². The number of amides is 3. The Balaban J connectivity index is 1.41. The molecule has 2 aliphatic heterocycles. The molecule has 2 heterocycles. The summed E-state index contributed by atoms with van der Waals surface area (Å²) in [5.74, 6) is -0.552. The molecule has 0 saturated carbocycles. The van der Waals surface area contributed by atoms with Crippen molar-refractivity contribution in [1.29, 1.82) is 0 Å². The fraction of sp³-hybridized carbons (Fsp3) is 0.548. The summed E-state index contributed by atoms with van der Waals surface area (Å²) in [4.78, 5) is 31.6. The zero-order chi connectivity index (χ0) is 30.0. The first kappa shape index (κ1) is 32.3. The number of hydrogen-bond donors (Lipinski definition) is 3. The number of urea groups is 1. The van der Waals surface area contributed by atoms with Crippen LogP contribution >= 0.6 is 12.6 Å². The fourth-order valence-electron chi connectivity index (χ4n) is 5.70. The van der Waals surface area contributed by atoms with Crippen LogP contribution in [0, 0.1) is 0 Å². The zero-order valence-corrected chi connectivity index (χ0v) is 26.1. The highest BCUT2D eigenvalue weighted by atomic mass is 32.2. The minimum absolute atomic E-state index is 0.209. The molecule has 230 valence electrons. The van der Waals surface area contributed by atoms with E-state index in [1.165, 1.54) is 0 Å². The lowest BCUT2D eigenvalue weighted by atomic mass is 10.0. The number of ether oxygens (including phenoxy) is 1. The highest BCUT2D eigenvalue weighted by Crippen LogP contribution is 2.20. The van der Waals surface area contributed by atoms with Crippen molar-refractivity contribution in [2.24, 2.45) is 0 Å². The van der Waals surface area contributed by atoms with Crippen molar-refractivity contribution >= 4 is 34.4 Å². The van der Waals surface area contributed by atoms with Gasteiger partial charge in [-0.15, -0.1) is 0 Å². The molecule has 4 rings (SSSR count). The second-order valence-corrected chi connectivity index (χ2v) is 13.8. The molecule has 2 N–H and O–H groups in total. The van der Waals surface area contributed by atoms with Crippen LogP contribution in [0.5, 0.6) is 0 Å². The summed E-state index contributed by atoms with van der Waals surface area (Å²) < 4.78 is 31.5. The summed E-state index contributed by atoms with van der Waals surface area (Å²) in [5, 5.41) is 5.41. The van der Waals surface area contributed by atoms with Crippen LogP contribution in [0.1, 0.15) is 38.2 Å². The number of benzene rings is 2. The minimum Gasteiger partial charge on any atom is -0.379 e. The van der Waals surface area contributed by atoms with Crippen LogP contribution in [0.3, 0.4) is 0 Å². The molecule has 2 aliphatic rings. The van der Waals surface area contributed by atoms with Crippen LogP contribution in [0.25, 0.3) is 0 Å². The van der Waals surface area contributed by atoms with Gasteiger partial charge < -0.3 is 20.3 Å². The molecule has 11 heteroatoms. The number of carbonyl (C=O) groups is 2. The van der Waals surface area contributed by atoms with Crippen molar-refractivity contribution in [1.82, 2.24) is 20.4 Å². The summed E-state index contributed by atoms with van der Waals surface area (Å²) in [6, 6.07) is 16.7. The summed E-state index contributed by atoms with van der Waals surface area (Å²) >= 11 is 4.65. The summed E-state index contributed by atoms with van der Waals surface area (Å²) in [6.07, 6.45) is 3.39. The first-order chi connectivity index (χ1) is 20.3. The minimum atomic E-state index is -3.59. The quantitative estimate of drug-likeness (QED) is 0.317. The molecule has 0 aromatic heterocycles. The van der Waals surface area contributed by atoms with Crippen LogP contribution in [-0.2, 0) is 25.8 Å². The molecular weight excluding hydrogens is 572 g/mol. The SMILES string of the molecule is CCC[C@H](NC(=O)[C@H](Cc1ccccc1)NC(=O)N1CCC(N2CCOCC2)CC1)[C@H](S)CS(=O)(=O)c1ccccc1. The normalized spacial score (nSPS) is 19.0. The maximum absolute atomic E-state index is 13.7. The third-order valence-electron chi connectivity index (χ3n) is 8.09. The van der Waals surface area contributed by atoms with E-state index in [-0.39, 0.29) is 22.6 Å². The Kier molecular flexibility index (Phi) is 12.1. The molecule has 2 aromatic carbocycles. The van der Waals surface area contributed by atoms with E-state index in [1.807, 2.05) is 37.3 Å². The average Bonchev–Trinajstić information content (AvgIpc) is 3.01. The van der Waals surface area contributed by atoms with Crippen molar-refractivity contribution < 1.29 is 22.7 Å². The van der Waals surface area contributed by atoms with Gasteiger partial charge in [0.2, 0.25) is 5.91 Å². The average molecular weight is 617 g/mol. The molecule has 3 atom stereocenters. The van der Waals surface area contributed by atoms with Gasteiger partial charge in [0, 0.05) is 49.9 Å². The molecular formula is C31H44N4O5S2. The Hall–Kier alpha value is -2.60. The first-order valence-electron chi connectivity index (χ1n) is 14.9. The molecule has 9 nitrogen and oxygen atoms in total. The predicted octanol–water partition coefficient (Wildman–Crippen LogP) is 3.16. The van der Waals surface area contributed by atoms with Crippen molar-refractivity contribution in [2.45, 2.75) is 67.3 Å². The van der Waals surface area contributed by atoms with E-state index >= 15 is 0 Å². The lowest BCUT2D eigenvalue weighted by Gasteiger charge is -2.40. The first-order valence-corrected chi connectivity index (χ1v) is 17.1. The molecule has 0 spiro atoms. The third-order valence-corrected chi connectivity index (χ3v) is 10.7. The number of rotatable bonds is 12. The molecule has 0 unspecified atom stereocenters. The van der Waals surface area contributed by atoms with E-state index in [1.54, 1.807) is 35.2 Å². The van der Waals surface area contributed by atoms with Crippen LogP contribution in [0.15, 0.2) is 65.6 Å². The number of likely N-dealkylation sites (tertiary alicyclic amines) is 1. The second kappa shape index (κ2) is 15.7. The van der Waals surface area contributed by atoms with E-state index < -0.39 is 27.2 Å². The van der Waals surface area contributed by atoms with E-state index in [0.717, 1.165) is 51.1 Å². The Labute approximate surface area is 255 Å². The molecule has 42 heavy (non-hydrogen) atoms. The Morgan fingerprint density at radius 3 is 2.19 bits per heavy atom. The van der Waals surface area contributed by atoms with Crippen molar-refractivity contribution in [3.05, 3.63) is 66.2 Å². The number of nitrogens with one attached hydrogen (secondary N) is 2. The molecule has 2 aromatic rings. The number of thiol groups is 1. The predicted molar refractivity (Wildman–Crippen MR) is 168 cm³/mol. The van der Waals surface area contributed by atoms with Gasteiger partial charge >= 0.3 is 6.03 Å². The molecule has 3 amide bonds. The van der Waals surface area contributed by atoms with Gasteiger partial charge in [-0.2, -0.15) is 12.6 Å². The molecule has 2 saturated heterocycles. The topological polar surface area (TPSA) is 108 Å². The highest BCUT2D eigenvalue weighted by Gasteiger charge is 2.32. The number of nitrogens with zero attached hydrogens (tertiary/aromatic N) is 2. The smallest absolute Gasteiger partial charge is 0.318 e. The number of hydrogen-bond acceptors (Lipinski definition) is 7. The Morgan fingerprint density at radius 1 is 0.952 bits per heavy atom. The summed E-state index contributed by atoms with van der Waals surface area (Å²) in [6.45, 7) is 6.59. The van der Waals surface area contributed by atoms with Gasteiger partial charge in [-0.25, -0.2) is 13.2 Å². The zero-order valence-electron chi connectivity index (χ0n) is 24.4. The third kappa shape index (κ3) is 9.20. The van der Waals surface area contributed by atoms with Crippen LogP contribution in [-0.4, -0.2) is 98.7 Å². The number of piperidine rings is 1. The van der Waals surface area contributed by atoms with E-state index in [9.17, 15) is 18.0 Å². The molecule has 2 fully saturated rings. The van der Waals surface area contributed by atoms with Gasteiger partial charge in [0.1, 0.15) is 6.04 Å². The monoisotopic (exact) mass is 616 g/mol. The Bertz CT molecular complexity index is 1230. The maximum atomic E-state index is 13.7. The molecule has 0 radical (unpaired) electrons. The maximum Gasteiger partial charge on any atom is 0.318 e. The summed E-state index contributed by atoms with van der Waals surface area (Å²) in [5.41, 5.74) is 0.921. The summed E-state index contributed by atoms with van der Waals surface area (Å²) in [7, 11) is -3.59. The van der Waals surface area contributed by atoms with Crippen molar-refractivity contribution in [3.8, 4) is 0 Å². The van der Waals surface area contributed by atoms with Crippen LogP contribution in [0.2, 0.25) is 0 Å². The number of carbonyl (C=O) groups excluding carboxylic acids is 2.